The monoisotopic (exact) mass is 219 g/mol. The van der Waals surface area contributed by atoms with Gasteiger partial charge in [0.05, 0.1) is 0 Å². The molecule has 1 aromatic carbocycles. The summed E-state index contributed by atoms with van der Waals surface area (Å²) >= 11 is 4.13. The van der Waals surface area contributed by atoms with E-state index < -0.39 is 0 Å². The molecule has 0 unspecified atom stereocenters. The van der Waals surface area contributed by atoms with Crippen LogP contribution in [0.25, 0.3) is 6.08 Å². The summed E-state index contributed by atoms with van der Waals surface area (Å²) in [6.45, 7) is 0.662. The van der Waals surface area contributed by atoms with Crippen molar-refractivity contribution >= 4 is 24.6 Å². The van der Waals surface area contributed by atoms with Gasteiger partial charge in [0.25, 0.3) is 5.91 Å². The Morgan fingerprint density at radius 1 is 1.47 bits per heavy atom. The van der Waals surface area contributed by atoms with E-state index in [-0.39, 0.29) is 5.91 Å². The second-order valence-electron chi connectivity index (χ2n) is 3.51. The zero-order valence-electron chi connectivity index (χ0n) is 8.36. The van der Waals surface area contributed by atoms with Gasteiger partial charge in [-0.3, -0.25) is 4.79 Å². The number of hydrogen-bond donors (Lipinski definition) is 2. The van der Waals surface area contributed by atoms with E-state index in [1.165, 1.54) is 0 Å². The van der Waals surface area contributed by atoms with Crippen LogP contribution in [-0.4, -0.2) is 11.7 Å². The molecule has 1 aromatic rings. The summed E-state index contributed by atoms with van der Waals surface area (Å²) in [5.41, 5.74) is 2.97. The van der Waals surface area contributed by atoms with Crippen LogP contribution in [-0.2, 0) is 6.54 Å². The molecule has 1 amide bonds. The number of fused-ring (bicyclic) bond motifs is 1. The Morgan fingerprint density at radius 2 is 2.33 bits per heavy atom. The summed E-state index contributed by atoms with van der Waals surface area (Å²) in [5, 5.41) is 2.80. The number of allylic oxidation sites excluding steroid dienone is 1. The number of rotatable bonds is 3. The minimum atomic E-state index is 0.0365. The highest BCUT2D eigenvalue weighted by molar-refractivity contribution is 7.80. The summed E-state index contributed by atoms with van der Waals surface area (Å²) < 4.78 is 0. The summed E-state index contributed by atoms with van der Waals surface area (Å²) in [5.74, 6) is 0.886. The van der Waals surface area contributed by atoms with E-state index in [4.69, 9.17) is 0 Å². The predicted octanol–water partition coefficient (Wildman–Crippen LogP) is 2.26. The maximum Gasteiger partial charge on any atom is 0.251 e. The number of amides is 1. The summed E-state index contributed by atoms with van der Waals surface area (Å²) in [7, 11) is 0. The van der Waals surface area contributed by atoms with Crippen LogP contribution >= 0.6 is 12.6 Å². The molecule has 2 nitrogen and oxygen atoms in total. The van der Waals surface area contributed by atoms with Gasteiger partial charge in [-0.1, -0.05) is 24.3 Å². The van der Waals surface area contributed by atoms with Crippen molar-refractivity contribution in [2.45, 2.75) is 13.0 Å². The van der Waals surface area contributed by atoms with Crippen LogP contribution in [0.4, 0.5) is 0 Å². The summed E-state index contributed by atoms with van der Waals surface area (Å²) in [6.07, 6.45) is 5.05. The molecule has 0 fully saturated rings. The smallest absolute Gasteiger partial charge is 0.251 e. The van der Waals surface area contributed by atoms with E-state index in [0.717, 1.165) is 28.9 Å². The molecule has 0 saturated carbocycles. The number of nitrogens with one attached hydrogen (secondary N) is 1. The highest BCUT2D eigenvalue weighted by Gasteiger charge is 2.17. The first-order chi connectivity index (χ1) is 7.31. The molecule has 1 aliphatic rings. The lowest BCUT2D eigenvalue weighted by molar-refractivity contribution is 0.0966. The topological polar surface area (TPSA) is 29.1 Å². The van der Waals surface area contributed by atoms with Crippen molar-refractivity contribution in [2.24, 2.45) is 0 Å². The van der Waals surface area contributed by atoms with Gasteiger partial charge < -0.3 is 5.32 Å². The van der Waals surface area contributed by atoms with Crippen LogP contribution in [0.5, 0.6) is 0 Å². The van der Waals surface area contributed by atoms with Gasteiger partial charge in [-0.2, -0.15) is 12.6 Å². The molecule has 0 radical (unpaired) electrons. The van der Waals surface area contributed by atoms with Gasteiger partial charge in [-0.25, -0.2) is 0 Å². The predicted molar refractivity (Wildman–Crippen MR) is 65.1 cm³/mol. The lowest BCUT2D eigenvalue weighted by atomic mass is 10.1. The minimum Gasteiger partial charge on any atom is -0.348 e. The third kappa shape index (κ3) is 2.23. The average Bonchev–Trinajstić information content (AvgIpc) is 2.61. The van der Waals surface area contributed by atoms with Gasteiger partial charge in [0, 0.05) is 12.1 Å². The highest BCUT2D eigenvalue weighted by Crippen LogP contribution is 2.18. The molecule has 15 heavy (non-hydrogen) atoms. The van der Waals surface area contributed by atoms with Crippen molar-refractivity contribution in [3.8, 4) is 0 Å². The Kier molecular flexibility index (Phi) is 3.11. The normalized spacial score (nSPS) is 14.3. The van der Waals surface area contributed by atoms with Crippen molar-refractivity contribution in [3.63, 3.8) is 0 Å². The molecule has 0 aromatic heterocycles. The molecule has 0 spiro atoms. The Morgan fingerprint density at radius 3 is 3.13 bits per heavy atom. The molecule has 1 heterocycles. The van der Waals surface area contributed by atoms with Gasteiger partial charge in [-0.15, -0.1) is 0 Å². The number of thiol groups is 1. The summed E-state index contributed by atoms with van der Waals surface area (Å²) in [4.78, 5) is 11.4. The number of benzene rings is 1. The Bertz CT molecular complexity index is 412. The van der Waals surface area contributed by atoms with Crippen molar-refractivity contribution in [1.29, 1.82) is 0 Å². The average molecular weight is 219 g/mol. The van der Waals surface area contributed by atoms with Crippen LogP contribution in [0.15, 0.2) is 24.3 Å². The zero-order chi connectivity index (χ0) is 10.7. The van der Waals surface area contributed by atoms with Crippen LogP contribution in [0, 0.1) is 0 Å². The Labute approximate surface area is 94.8 Å². The maximum absolute atomic E-state index is 11.4. The SMILES string of the molecule is O=C1NCc2ccc(C=CCCS)cc21. The summed E-state index contributed by atoms with van der Waals surface area (Å²) in [6, 6.07) is 5.98. The standard InChI is InChI=1S/C12H13NOS/c14-12-11-7-9(3-1-2-6-15)4-5-10(11)8-13-12/h1,3-5,7,15H,2,6,8H2,(H,13,14). The van der Waals surface area contributed by atoms with Crippen LogP contribution < -0.4 is 5.32 Å². The van der Waals surface area contributed by atoms with Crippen molar-refractivity contribution < 1.29 is 4.79 Å². The van der Waals surface area contributed by atoms with Gasteiger partial charge >= 0.3 is 0 Å². The largest absolute Gasteiger partial charge is 0.348 e. The van der Waals surface area contributed by atoms with E-state index in [1.54, 1.807) is 0 Å². The molecule has 1 N–H and O–H groups in total. The molecule has 78 valence electrons. The van der Waals surface area contributed by atoms with Gasteiger partial charge in [-0.05, 0) is 29.4 Å². The second kappa shape index (κ2) is 4.53. The van der Waals surface area contributed by atoms with E-state index in [0.29, 0.717) is 6.54 Å². The first-order valence-corrected chi connectivity index (χ1v) is 5.63. The molecule has 2 rings (SSSR count). The fourth-order valence-electron chi connectivity index (χ4n) is 1.63. The van der Waals surface area contributed by atoms with Crippen molar-refractivity contribution in [2.75, 3.05) is 5.75 Å². The lowest BCUT2D eigenvalue weighted by Gasteiger charge is -1.97. The van der Waals surface area contributed by atoms with Crippen LogP contribution in [0.3, 0.4) is 0 Å². The van der Waals surface area contributed by atoms with Crippen molar-refractivity contribution in [1.82, 2.24) is 5.32 Å². The highest BCUT2D eigenvalue weighted by atomic mass is 32.1. The second-order valence-corrected chi connectivity index (χ2v) is 3.96. The quantitative estimate of drug-likeness (QED) is 0.750. The van der Waals surface area contributed by atoms with Crippen LogP contribution in [0.1, 0.15) is 27.9 Å². The van der Waals surface area contributed by atoms with Gasteiger partial charge in [0.15, 0.2) is 0 Å². The van der Waals surface area contributed by atoms with E-state index in [1.807, 2.05) is 24.3 Å². The fraction of sp³-hybridized carbons (Fsp3) is 0.250. The van der Waals surface area contributed by atoms with Gasteiger partial charge in [0.2, 0.25) is 0 Å². The van der Waals surface area contributed by atoms with E-state index >= 15 is 0 Å². The molecular formula is C12H13NOS. The number of carbonyl (C=O) groups excluding carboxylic acids is 1. The molecule has 3 heteroatoms. The van der Waals surface area contributed by atoms with E-state index in [2.05, 4.69) is 24.0 Å². The molecule has 1 aliphatic heterocycles. The Hall–Kier alpha value is -1.22. The van der Waals surface area contributed by atoms with Crippen molar-refractivity contribution in [3.05, 3.63) is 41.0 Å². The maximum atomic E-state index is 11.4. The lowest BCUT2D eigenvalue weighted by Crippen LogP contribution is -2.12. The van der Waals surface area contributed by atoms with Crippen LogP contribution in [0.2, 0.25) is 0 Å². The fourth-order valence-corrected chi connectivity index (χ4v) is 1.78. The van der Waals surface area contributed by atoms with Gasteiger partial charge in [0.1, 0.15) is 0 Å². The third-order valence-corrected chi connectivity index (χ3v) is 2.68. The molecule has 0 atom stereocenters. The Balaban J connectivity index is 2.22. The minimum absolute atomic E-state index is 0.0365. The van der Waals surface area contributed by atoms with E-state index in [9.17, 15) is 4.79 Å². The number of hydrogen-bond acceptors (Lipinski definition) is 2. The molecule has 0 aliphatic carbocycles. The molecule has 0 saturated heterocycles. The molecule has 0 bridgehead atoms. The number of carbonyl (C=O) groups is 1. The zero-order valence-corrected chi connectivity index (χ0v) is 9.26. The first-order valence-electron chi connectivity index (χ1n) is 5.00. The first kappa shape index (κ1) is 10.3. The molecular weight excluding hydrogens is 206 g/mol. The third-order valence-electron chi connectivity index (χ3n) is 2.42.